The lowest BCUT2D eigenvalue weighted by Crippen LogP contribution is -2.17. The molecule has 0 saturated heterocycles. The maximum atomic E-state index is 14.2. The highest BCUT2D eigenvalue weighted by Crippen LogP contribution is 2.36. The first-order chi connectivity index (χ1) is 14.2. The van der Waals surface area contributed by atoms with Gasteiger partial charge in [-0.15, -0.1) is 22.7 Å². The molecule has 0 saturated carbocycles. The van der Waals surface area contributed by atoms with Gasteiger partial charge in [0.2, 0.25) is 0 Å². The first kappa shape index (κ1) is 18.1. The number of hydrogen-bond donors (Lipinski definition) is 0. The first-order valence-electron chi connectivity index (χ1n) is 8.85. The van der Waals surface area contributed by atoms with Crippen molar-refractivity contribution in [3.05, 3.63) is 99.7 Å². The number of rotatable bonds is 5. The molecular weight excluding hydrogens is 409 g/mol. The van der Waals surface area contributed by atoms with Gasteiger partial charge in [0, 0.05) is 10.6 Å². The minimum absolute atomic E-state index is 0.370. The van der Waals surface area contributed by atoms with Crippen molar-refractivity contribution < 1.29 is 13.0 Å². The van der Waals surface area contributed by atoms with Gasteiger partial charge >= 0.3 is 7.40 Å². The van der Waals surface area contributed by atoms with E-state index >= 15 is 0 Å². The van der Waals surface area contributed by atoms with Crippen molar-refractivity contribution in [3.63, 3.8) is 0 Å². The maximum Gasteiger partial charge on any atom is 0.678 e. The number of allylic oxidation sites excluding steroid dienone is 2. The van der Waals surface area contributed by atoms with E-state index in [1.165, 1.54) is 17.6 Å². The van der Waals surface area contributed by atoms with E-state index in [1.54, 1.807) is 35.6 Å². The van der Waals surface area contributed by atoms with Gasteiger partial charge in [-0.1, -0.05) is 12.1 Å². The number of aromatic nitrogens is 1. The number of thiophene rings is 2. The fraction of sp³-hybridized carbons (Fsp3) is 0. The zero-order valence-corrected chi connectivity index (χ0v) is 16.6. The highest BCUT2D eigenvalue weighted by molar-refractivity contribution is 7.13. The van der Waals surface area contributed by atoms with Gasteiger partial charge in [0.05, 0.1) is 33.8 Å². The Morgan fingerprint density at radius 3 is 2.38 bits per heavy atom. The van der Waals surface area contributed by atoms with Crippen molar-refractivity contribution in [3.8, 4) is 10.6 Å². The Morgan fingerprint density at radius 1 is 0.931 bits per heavy atom. The molecule has 4 aromatic rings. The van der Waals surface area contributed by atoms with E-state index in [1.807, 2.05) is 47.2 Å². The van der Waals surface area contributed by atoms with E-state index < -0.39 is 7.40 Å². The Kier molecular flexibility index (Phi) is 4.65. The lowest BCUT2D eigenvalue weighted by molar-refractivity contribution is 0.552. The van der Waals surface area contributed by atoms with Crippen molar-refractivity contribution in [1.82, 2.24) is 4.48 Å². The Morgan fingerprint density at radius 2 is 1.72 bits per heavy atom. The Balaban J connectivity index is 1.72. The summed E-state index contributed by atoms with van der Waals surface area (Å²) < 4.78 is 35.0. The fourth-order valence-corrected chi connectivity index (χ4v) is 4.80. The summed E-state index contributed by atoms with van der Waals surface area (Å²) in [5.41, 5.74) is 2.79. The van der Waals surface area contributed by atoms with Crippen LogP contribution >= 0.6 is 22.7 Å². The second kappa shape index (κ2) is 7.46. The summed E-state index contributed by atoms with van der Waals surface area (Å²) in [6.07, 6.45) is 5.29. The molecule has 1 aliphatic heterocycles. The first-order valence-corrected chi connectivity index (χ1v) is 10.6. The lowest BCUT2D eigenvalue weighted by atomic mass is 10.0. The molecule has 0 spiro atoms. The highest BCUT2D eigenvalue weighted by Gasteiger charge is 2.29. The molecule has 3 nitrogen and oxygen atoms in total. The minimum Gasteiger partial charge on any atom is -0.464 e. The van der Waals surface area contributed by atoms with Gasteiger partial charge in [-0.3, -0.25) is 8.63 Å². The fourth-order valence-electron chi connectivity index (χ4n) is 3.35. The van der Waals surface area contributed by atoms with Crippen molar-refractivity contribution in [1.29, 1.82) is 0 Å². The SMILES string of the molecule is FB(F)n1c(/C(=C2/C=CC(c3cccs3)=N2)c2ccco2)ccc1-c1cccs1. The van der Waals surface area contributed by atoms with Crippen LogP contribution in [-0.4, -0.2) is 17.6 Å². The summed E-state index contributed by atoms with van der Waals surface area (Å²) in [4.78, 5) is 6.52. The van der Waals surface area contributed by atoms with E-state index in [4.69, 9.17) is 9.41 Å². The molecule has 4 aromatic heterocycles. The maximum absolute atomic E-state index is 14.2. The van der Waals surface area contributed by atoms with Gasteiger partial charge in [0.1, 0.15) is 5.76 Å². The molecule has 29 heavy (non-hydrogen) atoms. The molecule has 0 unspecified atom stereocenters. The van der Waals surface area contributed by atoms with Gasteiger partial charge in [-0.05, 0) is 59.3 Å². The number of furan rings is 1. The van der Waals surface area contributed by atoms with Crippen LogP contribution in [0.4, 0.5) is 8.63 Å². The van der Waals surface area contributed by atoms with Crippen LogP contribution in [0.1, 0.15) is 16.3 Å². The number of nitrogens with zero attached hydrogens (tertiary/aromatic N) is 2. The standard InChI is InChI=1S/C21H13BF2N2OS2/c23-22(24)26-16(20-6-3-13-29-20)9-10-17(26)21(18-4-1-11-27-18)15-8-7-14(25-15)19-5-2-12-28-19/h1-13H/b21-15+. The Hall–Kier alpha value is -2.97. The molecule has 5 heterocycles. The smallest absolute Gasteiger partial charge is 0.464 e. The molecule has 0 aliphatic carbocycles. The molecule has 0 atom stereocenters. The van der Waals surface area contributed by atoms with E-state index in [0.29, 0.717) is 28.4 Å². The van der Waals surface area contributed by atoms with Crippen molar-refractivity contribution in [2.75, 3.05) is 0 Å². The molecular formula is C21H13BF2N2OS2. The molecule has 5 rings (SSSR count). The lowest BCUT2D eigenvalue weighted by Gasteiger charge is -2.12. The summed E-state index contributed by atoms with van der Waals surface area (Å²) in [5.74, 6) is 0.499. The van der Waals surface area contributed by atoms with Crippen molar-refractivity contribution >= 4 is 41.4 Å². The second-order valence-corrected chi connectivity index (χ2v) is 8.17. The van der Waals surface area contributed by atoms with Crippen LogP contribution in [-0.2, 0) is 0 Å². The molecule has 0 amide bonds. The predicted molar refractivity (Wildman–Crippen MR) is 116 cm³/mol. The van der Waals surface area contributed by atoms with Crippen molar-refractivity contribution in [2.45, 2.75) is 0 Å². The second-order valence-electron chi connectivity index (χ2n) is 6.27. The summed E-state index contributed by atoms with van der Waals surface area (Å²) >= 11 is 3.01. The van der Waals surface area contributed by atoms with Crippen molar-refractivity contribution in [2.24, 2.45) is 4.99 Å². The third-order valence-electron chi connectivity index (χ3n) is 4.58. The average Bonchev–Trinajstić information content (AvgIpc) is 3.54. The zero-order chi connectivity index (χ0) is 19.8. The number of hydrogen-bond acceptors (Lipinski definition) is 4. The van der Waals surface area contributed by atoms with Gasteiger partial charge in [-0.25, -0.2) is 4.99 Å². The van der Waals surface area contributed by atoms with Gasteiger partial charge < -0.3 is 8.90 Å². The average molecular weight is 422 g/mol. The minimum atomic E-state index is -2.70. The molecule has 142 valence electrons. The molecule has 0 radical (unpaired) electrons. The number of aliphatic imine (C=N–C) groups is 1. The van der Waals surface area contributed by atoms with E-state index in [0.717, 1.165) is 19.9 Å². The molecule has 1 aliphatic rings. The van der Waals surface area contributed by atoms with Crippen LogP contribution in [0.5, 0.6) is 0 Å². The summed E-state index contributed by atoms with van der Waals surface area (Å²) in [5, 5.41) is 3.86. The van der Waals surface area contributed by atoms with E-state index in [2.05, 4.69) is 0 Å². The molecule has 8 heteroatoms. The van der Waals surface area contributed by atoms with Gasteiger partial charge in [0.15, 0.2) is 0 Å². The summed E-state index contributed by atoms with van der Waals surface area (Å²) in [6, 6.07) is 14.6. The van der Waals surface area contributed by atoms with E-state index in [-0.39, 0.29) is 0 Å². The van der Waals surface area contributed by atoms with Crippen LogP contribution in [0.15, 0.2) is 92.8 Å². The monoisotopic (exact) mass is 422 g/mol. The highest BCUT2D eigenvalue weighted by atomic mass is 32.1. The molecule has 0 N–H and O–H groups in total. The predicted octanol–water partition coefficient (Wildman–Crippen LogP) is 6.46. The Labute approximate surface area is 174 Å². The van der Waals surface area contributed by atoms with Crippen LogP contribution in [0.3, 0.4) is 0 Å². The van der Waals surface area contributed by atoms with Crippen LogP contribution in [0, 0.1) is 0 Å². The quantitative estimate of drug-likeness (QED) is 0.340. The molecule has 0 fully saturated rings. The third kappa shape index (κ3) is 3.24. The molecule has 0 bridgehead atoms. The Bertz CT molecular complexity index is 1220. The number of halogens is 2. The molecule has 0 aromatic carbocycles. The van der Waals surface area contributed by atoms with Gasteiger partial charge in [0.25, 0.3) is 0 Å². The van der Waals surface area contributed by atoms with Crippen LogP contribution in [0.25, 0.3) is 16.1 Å². The third-order valence-corrected chi connectivity index (χ3v) is 6.37. The zero-order valence-electron chi connectivity index (χ0n) is 15.0. The van der Waals surface area contributed by atoms with Gasteiger partial charge in [-0.2, -0.15) is 0 Å². The summed E-state index contributed by atoms with van der Waals surface area (Å²) in [6.45, 7) is 0. The normalized spacial score (nSPS) is 15.0. The van der Waals surface area contributed by atoms with Crippen LogP contribution < -0.4 is 0 Å². The van der Waals surface area contributed by atoms with Crippen LogP contribution in [0.2, 0.25) is 0 Å². The summed E-state index contributed by atoms with van der Waals surface area (Å²) in [7, 11) is -2.70. The largest absolute Gasteiger partial charge is 0.678 e. The van der Waals surface area contributed by atoms with E-state index in [9.17, 15) is 8.63 Å². The topological polar surface area (TPSA) is 30.4 Å².